The summed E-state index contributed by atoms with van der Waals surface area (Å²) in [5.74, 6) is -1.39. The van der Waals surface area contributed by atoms with Crippen molar-refractivity contribution in [3.63, 3.8) is 0 Å². The van der Waals surface area contributed by atoms with E-state index in [1.807, 2.05) is 0 Å². The summed E-state index contributed by atoms with van der Waals surface area (Å²) in [5, 5.41) is 13.7. The molecule has 218 valence electrons. The van der Waals surface area contributed by atoms with Crippen LogP contribution >= 0.6 is 11.6 Å². The zero-order valence-corrected chi connectivity index (χ0v) is 22.3. The van der Waals surface area contributed by atoms with E-state index in [0.717, 1.165) is 12.1 Å². The second kappa shape index (κ2) is 11.7. The summed E-state index contributed by atoms with van der Waals surface area (Å²) >= 11 is 6.12. The average molecular weight is 600 g/mol. The van der Waals surface area contributed by atoms with Gasteiger partial charge in [-0.15, -0.1) is 0 Å². The standard InChI is InChI=1S/C25H23ClF5N7O3/c1-13-18(38-10-4-7-17(20(38)33-13)41-11-14-15(27)5-3-6-16(14)28)19-34-21(26)36-22(35-19)32-12-24(2,37-23(39)40)8-9-25(29,30)31/h3-7,10,37H,8-9,11-12H2,1-2H3,(H,39,40)(H,32,34,35,36). The summed E-state index contributed by atoms with van der Waals surface area (Å²) in [5.41, 5.74) is -0.706. The molecule has 16 heteroatoms. The number of carboxylic acid groups (broad SMARTS) is 1. The van der Waals surface area contributed by atoms with Crippen LogP contribution in [-0.4, -0.2) is 53.8 Å². The second-order valence-corrected chi connectivity index (χ2v) is 9.65. The van der Waals surface area contributed by atoms with Gasteiger partial charge in [0, 0.05) is 19.2 Å². The number of nitrogens with one attached hydrogen (secondary N) is 2. The van der Waals surface area contributed by atoms with Crippen LogP contribution < -0.4 is 15.4 Å². The molecule has 0 aliphatic rings. The minimum Gasteiger partial charge on any atom is -0.485 e. The lowest BCUT2D eigenvalue weighted by molar-refractivity contribution is -0.138. The van der Waals surface area contributed by atoms with Crippen molar-refractivity contribution >= 4 is 29.3 Å². The Hall–Kier alpha value is -4.27. The molecule has 4 rings (SSSR count). The smallest absolute Gasteiger partial charge is 0.405 e. The Labute approximate surface area is 234 Å². The van der Waals surface area contributed by atoms with Gasteiger partial charge in [-0.1, -0.05) is 6.07 Å². The van der Waals surface area contributed by atoms with Crippen molar-refractivity contribution in [2.75, 3.05) is 11.9 Å². The third kappa shape index (κ3) is 7.28. The Bertz CT molecular complexity index is 1560. The summed E-state index contributed by atoms with van der Waals surface area (Å²) in [6.45, 7) is 2.26. The molecule has 1 unspecified atom stereocenters. The number of rotatable bonds is 10. The Morgan fingerprint density at radius 3 is 2.44 bits per heavy atom. The number of anilines is 1. The molecule has 1 aromatic carbocycles. The Kier molecular flexibility index (Phi) is 8.47. The number of imidazole rings is 1. The molecule has 1 atom stereocenters. The van der Waals surface area contributed by atoms with Crippen LogP contribution in [0.4, 0.5) is 32.7 Å². The third-order valence-corrected chi connectivity index (χ3v) is 6.22. The molecule has 0 spiro atoms. The van der Waals surface area contributed by atoms with E-state index in [2.05, 4.69) is 30.6 Å². The summed E-state index contributed by atoms with van der Waals surface area (Å²) in [4.78, 5) is 28.1. The van der Waals surface area contributed by atoms with Crippen LogP contribution in [0.2, 0.25) is 5.28 Å². The maximum atomic E-state index is 14.1. The molecule has 0 bridgehead atoms. The van der Waals surface area contributed by atoms with Gasteiger partial charge in [-0.25, -0.2) is 18.6 Å². The Morgan fingerprint density at radius 1 is 1.07 bits per heavy atom. The summed E-state index contributed by atoms with van der Waals surface area (Å²) in [6.07, 6.45) is -6.13. The third-order valence-electron chi connectivity index (χ3n) is 6.05. The molecule has 0 aliphatic heterocycles. The number of hydrogen-bond acceptors (Lipinski definition) is 7. The summed E-state index contributed by atoms with van der Waals surface area (Å²) in [6, 6.07) is 6.65. The number of fused-ring (bicyclic) bond motifs is 1. The van der Waals surface area contributed by atoms with Crippen molar-refractivity contribution in [3.8, 4) is 17.3 Å². The predicted octanol–water partition coefficient (Wildman–Crippen LogP) is 5.79. The van der Waals surface area contributed by atoms with Gasteiger partial charge in [-0.2, -0.15) is 28.1 Å². The molecule has 0 aliphatic carbocycles. The molecule has 0 radical (unpaired) electrons. The molecule has 0 saturated carbocycles. The average Bonchev–Trinajstić information content (AvgIpc) is 3.21. The number of halogens is 6. The quantitative estimate of drug-likeness (QED) is 0.196. The number of ether oxygens (including phenoxy) is 1. The molecule has 1 amide bonds. The van der Waals surface area contributed by atoms with E-state index in [4.69, 9.17) is 21.4 Å². The van der Waals surface area contributed by atoms with E-state index < -0.39 is 48.9 Å². The fraction of sp³-hybridized carbons (Fsp3) is 0.320. The lowest BCUT2D eigenvalue weighted by Crippen LogP contribution is -2.51. The van der Waals surface area contributed by atoms with E-state index in [0.29, 0.717) is 11.4 Å². The lowest BCUT2D eigenvalue weighted by atomic mass is 9.95. The van der Waals surface area contributed by atoms with Crippen LogP contribution in [0.25, 0.3) is 17.2 Å². The second-order valence-electron chi connectivity index (χ2n) is 9.31. The van der Waals surface area contributed by atoms with Crippen LogP contribution in [0.3, 0.4) is 0 Å². The van der Waals surface area contributed by atoms with Gasteiger partial charge in [0.1, 0.15) is 23.9 Å². The fourth-order valence-electron chi connectivity index (χ4n) is 4.04. The van der Waals surface area contributed by atoms with Gasteiger partial charge in [0.05, 0.1) is 16.8 Å². The van der Waals surface area contributed by atoms with E-state index in [1.54, 1.807) is 29.7 Å². The van der Waals surface area contributed by atoms with Crippen LogP contribution in [0.5, 0.6) is 5.75 Å². The normalized spacial score (nSPS) is 13.2. The first-order valence-electron chi connectivity index (χ1n) is 12.0. The first-order valence-corrected chi connectivity index (χ1v) is 12.4. The molecule has 3 aromatic heterocycles. The van der Waals surface area contributed by atoms with Gasteiger partial charge < -0.3 is 20.5 Å². The topological polar surface area (TPSA) is 127 Å². The number of carbonyl (C=O) groups is 1. The maximum Gasteiger partial charge on any atom is 0.405 e. The number of benzene rings is 1. The van der Waals surface area contributed by atoms with Crippen molar-refractivity contribution < 1.29 is 36.6 Å². The number of alkyl halides is 3. The van der Waals surface area contributed by atoms with Crippen molar-refractivity contribution in [1.82, 2.24) is 29.7 Å². The highest BCUT2D eigenvalue weighted by molar-refractivity contribution is 6.28. The van der Waals surface area contributed by atoms with E-state index in [9.17, 15) is 26.7 Å². The zero-order chi connectivity index (χ0) is 29.9. The fourth-order valence-corrected chi connectivity index (χ4v) is 4.20. The van der Waals surface area contributed by atoms with Crippen LogP contribution in [0, 0.1) is 18.6 Å². The van der Waals surface area contributed by atoms with Gasteiger partial charge in [0.25, 0.3) is 0 Å². The van der Waals surface area contributed by atoms with Gasteiger partial charge in [0.2, 0.25) is 11.2 Å². The van der Waals surface area contributed by atoms with Crippen LogP contribution in [0.15, 0.2) is 36.5 Å². The Balaban J connectivity index is 1.61. The maximum absolute atomic E-state index is 14.1. The molecular weight excluding hydrogens is 577 g/mol. The van der Waals surface area contributed by atoms with E-state index in [1.165, 1.54) is 13.0 Å². The van der Waals surface area contributed by atoms with Gasteiger partial charge in [-0.05, 0) is 56.1 Å². The number of aryl methyl sites for hydroxylation is 1. The highest BCUT2D eigenvalue weighted by Crippen LogP contribution is 2.30. The first-order chi connectivity index (χ1) is 19.2. The van der Waals surface area contributed by atoms with Gasteiger partial charge in [-0.3, -0.25) is 4.40 Å². The van der Waals surface area contributed by atoms with Crippen molar-refractivity contribution in [1.29, 1.82) is 0 Å². The van der Waals surface area contributed by atoms with E-state index in [-0.39, 0.29) is 40.6 Å². The largest absolute Gasteiger partial charge is 0.485 e. The molecule has 3 N–H and O–H groups in total. The molecule has 0 saturated heterocycles. The number of pyridine rings is 1. The number of aromatic nitrogens is 5. The summed E-state index contributed by atoms with van der Waals surface area (Å²) in [7, 11) is 0. The lowest BCUT2D eigenvalue weighted by Gasteiger charge is -2.30. The highest BCUT2D eigenvalue weighted by atomic mass is 35.5. The predicted molar refractivity (Wildman–Crippen MR) is 138 cm³/mol. The summed E-state index contributed by atoms with van der Waals surface area (Å²) < 4.78 is 73.8. The minimum atomic E-state index is -4.49. The van der Waals surface area contributed by atoms with Gasteiger partial charge in [0.15, 0.2) is 17.2 Å². The highest BCUT2D eigenvalue weighted by Gasteiger charge is 2.34. The molecule has 10 nitrogen and oxygen atoms in total. The molecule has 3 heterocycles. The number of nitrogens with zero attached hydrogens (tertiary/aromatic N) is 5. The molecule has 0 fully saturated rings. The number of amides is 1. The van der Waals surface area contributed by atoms with Crippen molar-refractivity contribution in [2.24, 2.45) is 0 Å². The zero-order valence-electron chi connectivity index (χ0n) is 21.6. The van der Waals surface area contributed by atoms with Crippen LogP contribution in [-0.2, 0) is 6.61 Å². The van der Waals surface area contributed by atoms with Crippen LogP contribution in [0.1, 0.15) is 31.0 Å². The van der Waals surface area contributed by atoms with Crippen molar-refractivity contribution in [2.45, 2.75) is 45.0 Å². The monoisotopic (exact) mass is 599 g/mol. The molecule has 4 aromatic rings. The SMILES string of the molecule is Cc1nc2c(OCc3c(F)cccc3F)cccn2c1-c1nc(Cl)nc(NCC(C)(CCC(F)(F)F)NC(=O)O)n1. The van der Waals surface area contributed by atoms with E-state index >= 15 is 0 Å². The van der Waals surface area contributed by atoms with Gasteiger partial charge >= 0.3 is 12.3 Å². The first kappa shape index (κ1) is 29.7. The Morgan fingerprint density at radius 2 is 1.78 bits per heavy atom. The molecule has 41 heavy (non-hydrogen) atoms. The minimum absolute atomic E-state index is 0.0398. The molecular formula is C25H23ClF5N7O3. The number of hydrogen-bond donors (Lipinski definition) is 3. The van der Waals surface area contributed by atoms with Crippen molar-refractivity contribution in [3.05, 3.63) is 64.7 Å².